The van der Waals surface area contributed by atoms with Gasteiger partial charge in [0.05, 0.1) is 0 Å². The second kappa shape index (κ2) is 13.6. The van der Waals surface area contributed by atoms with Crippen LogP contribution in [0.2, 0.25) is 0 Å². The topological polar surface area (TPSA) is 12.0 Å². The van der Waals surface area contributed by atoms with Crippen LogP contribution in [0.4, 0.5) is 0 Å². The molecule has 0 fully saturated rings. The fourth-order valence-corrected chi connectivity index (χ4v) is 3.19. The van der Waals surface area contributed by atoms with Crippen LogP contribution in [0.25, 0.3) is 6.08 Å². The summed E-state index contributed by atoms with van der Waals surface area (Å²) in [5, 5.41) is 3.19. The van der Waals surface area contributed by atoms with Gasteiger partial charge in [-0.1, -0.05) is 81.3 Å². The van der Waals surface area contributed by atoms with Gasteiger partial charge in [-0.15, -0.1) is 0 Å². The van der Waals surface area contributed by atoms with Crippen LogP contribution in [0, 0.1) is 0 Å². The Hall–Kier alpha value is -1.60. The Kier molecular flexibility index (Phi) is 11.7. The van der Waals surface area contributed by atoms with Crippen LogP contribution in [0.3, 0.4) is 0 Å². The quantitative estimate of drug-likeness (QED) is 0.218. The fraction of sp³-hybridized carbons (Fsp3) is 0.520. The number of hydrogen-bond acceptors (Lipinski definition) is 1. The minimum atomic E-state index is 1.02. The van der Waals surface area contributed by atoms with Gasteiger partial charge in [0.2, 0.25) is 0 Å². The zero-order valence-electron chi connectivity index (χ0n) is 17.4. The number of nitrogens with one attached hydrogen (secondary N) is 1. The number of allylic oxidation sites excluding steroid dienone is 3. The molecule has 1 aromatic rings. The molecule has 144 valence electrons. The monoisotopic (exact) mass is 353 g/mol. The van der Waals surface area contributed by atoms with Gasteiger partial charge in [-0.25, -0.2) is 0 Å². The third-order valence-electron chi connectivity index (χ3n) is 4.87. The van der Waals surface area contributed by atoms with E-state index in [9.17, 15) is 0 Å². The van der Waals surface area contributed by atoms with Crippen LogP contribution >= 0.6 is 0 Å². The summed E-state index contributed by atoms with van der Waals surface area (Å²) in [6, 6.07) is 6.86. The zero-order chi connectivity index (χ0) is 19.2. The summed E-state index contributed by atoms with van der Waals surface area (Å²) in [6.07, 6.45) is 15.0. The number of benzene rings is 1. The lowest BCUT2D eigenvalue weighted by Gasteiger charge is -2.11. The molecule has 0 aliphatic heterocycles. The van der Waals surface area contributed by atoms with E-state index in [2.05, 4.69) is 62.7 Å². The number of aryl methyl sites for hydroxylation is 1. The van der Waals surface area contributed by atoms with Gasteiger partial charge in [0, 0.05) is 0 Å². The van der Waals surface area contributed by atoms with E-state index in [-0.39, 0.29) is 0 Å². The first kappa shape index (κ1) is 22.4. The summed E-state index contributed by atoms with van der Waals surface area (Å²) in [5.41, 5.74) is 6.75. The highest BCUT2D eigenvalue weighted by Gasteiger charge is 2.04. The molecule has 0 spiro atoms. The molecule has 1 nitrogen and oxygen atoms in total. The molecule has 1 N–H and O–H groups in total. The molecule has 0 saturated carbocycles. The minimum absolute atomic E-state index is 1.02. The van der Waals surface area contributed by atoms with E-state index in [1.807, 2.05) is 7.05 Å². The maximum Gasteiger partial charge on any atom is -0.00518 e. The Bertz CT molecular complexity index is 580. The summed E-state index contributed by atoms with van der Waals surface area (Å²) in [4.78, 5) is 0. The second-order valence-electron chi connectivity index (χ2n) is 7.32. The molecule has 1 rings (SSSR count). The summed E-state index contributed by atoms with van der Waals surface area (Å²) < 4.78 is 0. The molecule has 0 aromatic heterocycles. The smallest absolute Gasteiger partial charge is 0.00518 e. The Morgan fingerprint density at radius 1 is 1.00 bits per heavy atom. The van der Waals surface area contributed by atoms with Gasteiger partial charge >= 0.3 is 0 Å². The van der Waals surface area contributed by atoms with Crippen molar-refractivity contribution in [1.29, 1.82) is 0 Å². The fourth-order valence-electron chi connectivity index (χ4n) is 3.19. The van der Waals surface area contributed by atoms with Crippen molar-refractivity contribution in [2.45, 2.75) is 71.6 Å². The molecule has 0 bridgehead atoms. The van der Waals surface area contributed by atoms with Crippen LogP contribution < -0.4 is 5.32 Å². The van der Waals surface area contributed by atoms with Crippen molar-refractivity contribution < 1.29 is 0 Å². The third kappa shape index (κ3) is 9.20. The van der Waals surface area contributed by atoms with Crippen molar-refractivity contribution in [2.24, 2.45) is 0 Å². The molecule has 26 heavy (non-hydrogen) atoms. The molecule has 0 heterocycles. The highest BCUT2D eigenvalue weighted by molar-refractivity contribution is 5.55. The first-order valence-electron chi connectivity index (χ1n) is 10.4. The maximum absolute atomic E-state index is 4.29. The highest BCUT2D eigenvalue weighted by atomic mass is 14.8. The van der Waals surface area contributed by atoms with E-state index >= 15 is 0 Å². The molecular weight excluding hydrogens is 314 g/mol. The van der Waals surface area contributed by atoms with E-state index in [0.717, 1.165) is 32.2 Å². The molecular formula is C25H39N. The van der Waals surface area contributed by atoms with Crippen LogP contribution in [0.1, 0.15) is 75.5 Å². The van der Waals surface area contributed by atoms with E-state index in [1.165, 1.54) is 59.9 Å². The molecule has 0 amide bonds. The van der Waals surface area contributed by atoms with E-state index in [0.29, 0.717) is 0 Å². The molecule has 1 heteroatoms. The molecule has 0 saturated heterocycles. The Balaban J connectivity index is 2.60. The van der Waals surface area contributed by atoms with E-state index in [1.54, 1.807) is 0 Å². The normalized spacial score (nSPS) is 11.2. The van der Waals surface area contributed by atoms with Crippen molar-refractivity contribution >= 4 is 6.08 Å². The predicted molar refractivity (Wildman–Crippen MR) is 119 cm³/mol. The van der Waals surface area contributed by atoms with Gasteiger partial charge < -0.3 is 5.32 Å². The first-order valence-corrected chi connectivity index (χ1v) is 10.4. The third-order valence-corrected chi connectivity index (χ3v) is 4.87. The van der Waals surface area contributed by atoms with E-state index in [4.69, 9.17) is 0 Å². The second-order valence-corrected chi connectivity index (χ2v) is 7.32. The van der Waals surface area contributed by atoms with Crippen molar-refractivity contribution in [1.82, 2.24) is 5.32 Å². The van der Waals surface area contributed by atoms with Crippen LogP contribution in [-0.2, 0) is 12.8 Å². The average Bonchev–Trinajstić information content (AvgIpc) is 2.64. The Labute approximate surface area is 162 Å². The van der Waals surface area contributed by atoms with Gasteiger partial charge in [0.15, 0.2) is 0 Å². The Morgan fingerprint density at radius 2 is 1.77 bits per heavy atom. The summed E-state index contributed by atoms with van der Waals surface area (Å²) in [7, 11) is 2.00. The van der Waals surface area contributed by atoms with E-state index < -0.39 is 0 Å². The Morgan fingerprint density at radius 3 is 2.46 bits per heavy atom. The van der Waals surface area contributed by atoms with Gasteiger partial charge in [0.1, 0.15) is 0 Å². The molecule has 1 aromatic carbocycles. The number of rotatable bonds is 14. The molecule has 0 atom stereocenters. The zero-order valence-corrected chi connectivity index (χ0v) is 17.4. The van der Waals surface area contributed by atoms with Crippen molar-refractivity contribution in [2.75, 3.05) is 13.6 Å². The van der Waals surface area contributed by atoms with Crippen molar-refractivity contribution in [3.8, 4) is 0 Å². The van der Waals surface area contributed by atoms with Gasteiger partial charge in [-0.3, -0.25) is 0 Å². The number of unbranched alkanes of at least 4 members (excludes halogenated alkanes) is 3. The lowest BCUT2D eigenvalue weighted by atomic mass is 9.94. The number of hydrogen-bond donors (Lipinski definition) is 1. The standard InChI is InChI=1S/C25H39N/c1-6-8-9-13-22(4)19-25-17-16-23(20-24(25)7-2)15-14-21(3)12-10-11-18-26-5/h14-17,20,26H,3-4,6-13,18-19H2,1-2,5H3/b15-14+. The van der Waals surface area contributed by atoms with Gasteiger partial charge in [-0.05, 0) is 75.2 Å². The van der Waals surface area contributed by atoms with Crippen molar-refractivity contribution in [3.63, 3.8) is 0 Å². The summed E-state index contributed by atoms with van der Waals surface area (Å²) in [6.45, 7) is 14.1. The first-order chi connectivity index (χ1) is 12.6. The largest absolute Gasteiger partial charge is 0.320 e. The van der Waals surface area contributed by atoms with Gasteiger partial charge in [-0.2, -0.15) is 0 Å². The maximum atomic E-state index is 4.29. The van der Waals surface area contributed by atoms with Crippen LogP contribution in [0.15, 0.2) is 48.6 Å². The molecule has 0 aliphatic rings. The molecule has 0 aliphatic carbocycles. The summed E-state index contributed by atoms with van der Waals surface area (Å²) >= 11 is 0. The minimum Gasteiger partial charge on any atom is -0.320 e. The van der Waals surface area contributed by atoms with Gasteiger partial charge in [0.25, 0.3) is 0 Å². The molecule has 0 radical (unpaired) electrons. The SMILES string of the molecule is C=C(/C=C/c1ccc(CC(=C)CCCCC)c(CC)c1)CCCCNC. The summed E-state index contributed by atoms with van der Waals surface area (Å²) in [5.74, 6) is 0. The lowest BCUT2D eigenvalue weighted by Crippen LogP contribution is -2.06. The van der Waals surface area contributed by atoms with Crippen molar-refractivity contribution in [3.05, 3.63) is 65.3 Å². The average molecular weight is 354 g/mol. The highest BCUT2D eigenvalue weighted by Crippen LogP contribution is 2.20. The lowest BCUT2D eigenvalue weighted by molar-refractivity contribution is 0.679. The predicted octanol–water partition coefficient (Wildman–Crippen LogP) is 6.89. The van der Waals surface area contributed by atoms with Crippen LogP contribution in [0.5, 0.6) is 0 Å². The molecule has 0 unspecified atom stereocenters. The van der Waals surface area contributed by atoms with Crippen LogP contribution in [-0.4, -0.2) is 13.6 Å².